The van der Waals surface area contributed by atoms with Gasteiger partial charge in [0.05, 0.1) is 0 Å². The van der Waals surface area contributed by atoms with Gasteiger partial charge in [-0.3, -0.25) is 9.59 Å². The number of carbonyl (C=O) groups excluding carboxylic acids is 2. The molecule has 0 aliphatic carbocycles. The van der Waals surface area contributed by atoms with E-state index in [1.54, 1.807) is 30.3 Å². The van der Waals surface area contributed by atoms with Crippen molar-refractivity contribution in [3.05, 3.63) is 78.2 Å². The molecule has 0 aliphatic heterocycles. The van der Waals surface area contributed by atoms with Gasteiger partial charge in [-0.2, -0.15) is 0 Å². The molecule has 10 heteroatoms. The first-order valence-corrected chi connectivity index (χ1v) is 9.37. The topological polar surface area (TPSA) is 144 Å². The van der Waals surface area contributed by atoms with E-state index in [1.165, 1.54) is 30.5 Å². The number of nitrogens with zero attached hydrogens (tertiary/aromatic N) is 1. The number of nitrogens with one attached hydrogen (secondary N) is 2. The van der Waals surface area contributed by atoms with Crippen LogP contribution in [-0.2, 0) is 14.4 Å². The average Bonchev–Trinajstić information content (AvgIpc) is 2.74. The van der Waals surface area contributed by atoms with Crippen LogP contribution in [0.5, 0.6) is 11.5 Å². The van der Waals surface area contributed by atoms with E-state index in [4.69, 9.17) is 10.5 Å². The number of carboxylic acid groups (broad SMARTS) is 1. The van der Waals surface area contributed by atoms with Gasteiger partial charge in [0, 0.05) is 24.0 Å². The highest BCUT2D eigenvalue weighted by molar-refractivity contribution is 6.04. The quantitative estimate of drug-likeness (QED) is 0.396. The summed E-state index contributed by atoms with van der Waals surface area (Å²) in [5.41, 5.74) is 6.01. The Labute approximate surface area is 182 Å². The van der Waals surface area contributed by atoms with Crippen molar-refractivity contribution in [3.8, 4) is 11.5 Å². The molecule has 1 atom stereocenters. The zero-order valence-electron chi connectivity index (χ0n) is 16.6. The minimum absolute atomic E-state index is 0.0970. The Kier molecular flexibility index (Phi) is 6.96. The van der Waals surface area contributed by atoms with Gasteiger partial charge in [0.1, 0.15) is 18.0 Å². The average molecular weight is 438 g/mol. The predicted octanol–water partition coefficient (Wildman–Crippen LogP) is 2.87. The lowest BCUT2D eigenvalue weighted by Gasteiger charge is -2.15. The number of nitrogens with two attached hydrogens (primary N) is 1. The van der Waals surface area contributed by atoms with Crippen LogP contribution in [0.1, 0.15) is 18.0 Å². The number of benzene rings is 2. The van der Waals surface area contributed by atoms with Crippen LogP contribution in [0.25, 0.3) is 0 Å². The fraction of sp³-hybridized carbons (Fsp3) is 0.0909. The largest absolute Gasteiger partial charge is 0.479 e. The molecule has 0 saturated carbocycles. The first kappa shape index (κ1) is 22.2. The van der Waals surface area contributed by atoms with Crippen molar-refractivity contribution in [2.45, 2.75) is 12.5 Å². The van der Waals surface area contributed by atoms with E-state index in [2.05, 4.69) is 15.6 Å². The molecule has 0 spiro atoms. The van der Waals surface area contributed by atoms with Crippen LogP contribution in [0.3, 0.4) is 0 Å². The number of rotatable bonds is 8. The van der Waals surface area contributed by atoms with Gasteiger partial charge in [0.25, 0.3) is 0 Å². The predicted molar refractivity (Wildman–Crippen MR) is 113 cm³/mol. The normalized spacial score (nSPS) is 11.3. The fourth-order valence-electron chi connectivity index (χ4n) is 2.78. The molecular weight excluding hydrogens is 419 g/mol. The molecule has 2 aromatic carbocycles. The van der Waals surface area contributed by atoms with Crippen molar-refractivity contribution in [1.29, 1.82) is 0 Å². The molecule has 0 bridgehead atoms. The molecule has 1 aromatic heterocycles. The van der Waals surface area contributed by atoms with Crippen molar-refractivity contribution in [1.82, 2.24) is 10.3 Å². The maximum absolute atomic E-state index is 14.3. The van der Waals surface area contributed by atoms with Crippen molar-refractivity contribution in [2.24, 2.45) is 0 Å². The summed E-state index contributed by atoms with van der Waals surface area (Å²) in [5, 5.41) is 14.0. The Bertz CT molecular complexity index is 1140. The van der Waals surface area contributed by atoms with Gasteiger partial charge in [0.15, 0.2) is 17.6 Å². The number of carboxylic acids is 1. The number of pyridine rings is 1. The van der Waals surface area contributed by atoms with E-state index in [1.807, 2.05) is 0 Å². The second-order valence-corrected chi connectivity index (χ2v) is 6.64. The van der Waals surface area contributed by atoms with Gasteiger partial charge in [-0.15, -0.1) is 0 Å². The lowest BCUT2D eigenvalue weighted by molar-refractivity contribution is -0.142. The molecule has 1 unspecified atom stereocenters. The SMILES string of the molecule is Nc1cc(Oc2ccc(NC(=O)CC(=O)NC(C(=O)O)c3ccccc3)cc2F)ccn1. The van der Waals surface area contributed by atoms with Crippen LogP contribution in [0, 0.1) is 5.82 Å². The maximum Gasteiger partial charge on any atom is 0.330 e. The highest BCUT2D eigenvalue weighted by Crippen LogP contribution is 2.27. The van der Waals surface area contributed by atoms with Gasteiger partial charge >= 0.3 is 5.97 Å². The smallest absolute Gasteiger partial charge is 0.330 e. The minimum atomic E-state index is -1.30. The highest BCUT2D eigenvalue weighted by Gasteiger charge is 2.23. The number of hydrogen-bond donors (Lipinski definition) is 4. The lowest BCUT2D eigenvalue weighted by atomic mass is 10.1. The van der Waals surface area contributed by atoms with Crippen LogP contribution in [0.15, 0.2) is 66.9 Å². The molecule has 5 N–H and O–H groups in total. The Morgan fingerprint density at radius 2 is 1.81 bits per heavy atom. The molecule has 1 heterocycles. The number of carbonyl (C=O) groups is 3. The third kappa shape index (κ3) is 6.02. The molecule has 9 nitrogen and oxygen atoms in total. The molecule has 0 radical (unpaired) electrons. The lowest BCUT2D eigenvalue weighted by Crippen LogP contribution is -2.35. The number of aromatic nitrogens is 1. The summed E-state index contributed by atoms with van der Waals surface area (Å²) < 4.78 is 19.7. The van der Waals surface area contributed by atoms with E-state index in [0.717, 1.165) is 6.07 Å². The summed E-state index contributed by atoms with van der Waals surface area (Å²) in [4.78, 5) is 39.5. The molecular formula is C22H19FN4O5. The van der Waals surface area contributed by atoms with Crippen LogP contribution >= 0.6 is 0 Å². The van der Waals surface area contributed by atoms with Crippen LogP contribution < -0.4 is 21.1 Å². The van der Waals surface area contributed by atoms with Crippen LogP contribution in [0.2, 0.25) is 0 Å². The van der Waals surface area contributed by atoms with E-state index in [9.17, 15) is 23.9 Å². The Morgan fingerprint density at radius 1 is 1.06 bits per heavy atom. The first-order chi connectivity index (χ1) is 15.3. The standard InChI is InChI=1S/C22H19FN4O5/c23-16-10-14(6-7-17(16)32-15-8-9-25-18(24)11-15)26-19(28)12-20(29)27-21(22(30)31)13-4-2-1-3-5-13/h1-11,21H,12H2,(H2,24,25)(H,26,28)(H,27,29)(H,30,31). The van der Waals surface area contributed by atoms with Gasteiger partial charge in [0.2, 0.25) is 11.8 Å². The number of halogens is 1. The van der Waals surface area contributed by atoms with Crippen molar-refractivity contribution >= 4 is 29.3 Å². The second kappa shape index (κ2) is 10.0. The fourth-order valence-corrected chi connectivity index (χ4v) is 2.78. The summed E-state index contributed by atoms with van der Waals surface area (Å²) in [6.45, 7) is 0. The van der Waals surface area contributed by atoms with Crippen molar-refractivity contribution in [3.63, 3.8) is 0 Å². The molecule has 0 aliphatic rings. The number of amides is 2. The maximum atomic E-state index is 14.3. The van der Waals surface area contributed by atoms with Crippen LogP contribution in [0.4, 0.5) is 15.9 Å². The van der Waals surface area contributed by atoms with E-state index >= 15 is 0 Å². The van der Waals surface area contributed by atoms with E-state index in [0.29, 0.717) is 5.56 Å². The number of nitrogen functional groups attached to an aromatic ring is 1. The highest BCUT2D eigenvalue weighted by atomic mass is 19.1. The third-order valence-corrected chi connectivity index (χ3v) is 4.20. The molecule has 2 amide bonds. The molecule has 3 aromatic rings. The Morgan fingerprint density at radius 3 is 2.47 bits per heavy atom. The second-order valence-electron chi connectivity index (χ2n) is 6.64. The van der Waals surface area contributed by atoms with Crippen molar-refractivity contribution in [2.75, 3.05) is 11.1 Å². The zero-order chi connectivity index (χ0) is 23.1. The minimum Gasteiger partial charge on any atom is -0.479 e. The molecule has 0 saturated heterocycles. The van der Waals surface area contributed by atoms with Gasteiger partial charge < -0.3 is 26.2 Å². The summed E-state index contributed by atoms with van der Waals surface area (Å²) >= 11 is 0. The third-order valence-electron chi connectivity index (χ3n) is 4.20. The van der Waals surface area contributed by atoms with E-state index in [-0.39, 0.29) is 23.0 Å². The number of hydrogen-bond acceptors (Lipinski definition) is 6. The Balaban J connectivity index is 1.58. The van der Waals surface area contributed by atoms with Crippen molar-refractivity contribution < 1.29 is 28.6 Å². The first-order valence-electron chi connectivity index (χ1n) is 9.37. The summed E-state index contributed by atoms with van der Waals surface area (Å²) in [6, 6.07) is 13.4. The summed E-state index contributed by atoms with van der Waals surface area (Å²) in [6.07, 6.45) is 0.766. The van der Waals surface area contributed by atoms with Crippen LogP contribution in [-0.4, -0.2) is 27.9 Å². The number of anilines is 2. The zero-order valence-corrected chi connectivity index (χ0v) is 16.6. The molecule has 32 heavy (non-hydrogen) atoms. The van der Waals surface area contributed by atoms with Gasteiger partial charge in [-0.05, 0) is 23.8 Å². The van der Waals surface area contributed by atoms with Gasteiger partial charge in [-0.25, -0.2) is 14.2 Å². The summed E-state index contributed by atoms with van der Waals surface area (Å²) in [5.74, 6) is -3.16. The molecule has 164 valence electrons. The van der Waals surface area contributed by atoms with Gasteiger partial charge in [-0.1, -0.05) is 30.3 Å². The molecule has 3 rings (SSSR count). The number of aliphatic carboxylic acids is 1. The number of ether oxygens (including phenoxy) is 1. The van der Waals surface area contributed by atoms with E-state index < -0.39 is 36.1 Å². The summed E-state index contributed by atoms with van der Waals surface area (Å²) in [7, 11) is 0. The Hall–Kier alpha value is -4.47. The monoisotopic (exact) mass is 438 g/mol. The molecule has 0 fully saturated rings.